The van der Waals surface area contributed by atoms with Crippen molar-refractivity contribution in [2.24, 2.45) is 0 Å². The summed E-state index contributed by atoms with van der Waals surface area (Å²) in [7, 11) is 0. The predicted octanol–water partition coefficient (Wildman–Crippen LogP) is 2.75. The van der Waals surface area contributed by atoms with Gasteiger partial charge in [0.2, 0.25) is 11.7 Å². The van der Waals surface area contributed by atoms with Gasteiger partial charge in [-0.05, 0) is 18.6 Å². The Hall–Kier alpha value is -2.88. The Morgan fingerprint density at radius 3 is 2.95 bits per heavy atom. The van der Waals surface area contributed by atoms with Crippen molar-refractivity contribution in [3.8, 4) is 29.5 Å². The van der Waals surface area contributed by atoms with E-state index in [2.05, 4.69) is 16.1 Å². The van der Waals surface area contributed by atoms with Gasteiger partial charge in [-0.3, -0.25) is 10.1 Å². The molecule has 0 spiro atoms. The summed E-state index contributed by atoms with van der Waals surface area (Å²) in [5.41, 5.74) is 0.352. The number of nitro groups is 1. The zero-order chi connectivity index (χ0) is 15.2. The molecule has 0 amide bonds. The number of terminal acetylenes is 1. The van der Waals surface area contributed by atoms with Crippen LogP contribution >= 0.6 is 0 Å². The molecule has 2 aromatic rings. The van der Waals surface area contributed by atoms with Crippen molar-refractivity contribution in [2.75, 3.05) is 6.61 Å². The van der Waals surface area contributed by atoms with Crippen molar-refractivity contribution in [1.82, 2.24) is 10.1 Å². The Morgan fingerprint density at radius 1 is 1.52 bits per heavy atom. The van der Waals surface area contributed by atoms with E-state index in [0.717, 1.165) is 0 Å². The lowest BCUT2D eigenvalue weighted by Crippen LogP contribution is -2.00. The van der Waals surface area contributed by atoms with E-state index in [1.807, 2.05) is 0 Å². The summed E-state index contributed by atoms with van der Waals surface area (Å²) in [5.74, 6) is 3.37. The van der Waals surface area contributed by atoms with Gasteiger partial charge in [-0.1, -0.05) is 5.16 Å². The number of nitro benzene ring substituents is 1. The average Bonchev–Trinajstić information content (AvgIpc) is 2.90. The van der Waals surface area contributed by atoms with Crippen LogP contribution in [0.2, 0.25) is 0 Å². The molecule has 1 aromatic heterocycles. The van der Waals surface area contributed by atoms with Crippen molar-refractivity contribution >= 4 is 5.69 Å². The molecule has 21 heavy (non-hydrogen) atoms. The summed E-state index contributed by atoms with van der Waals surface area (Å²) >= 11 is 0. The van der Waals surface area contributed by atoms with Crippen molar-refractivity contribution < 1.29 is 14.2 Å². The first-order valence-corrected chi connectivity index (χ1v) is 6.27. The van der Waals surface area contributed by atoms with Gasteiger partial charge >= 0.3 is 5.69 Å². The highest BCUT2D eigenvalue weighted by atomic mass is 16.6. The summed E-state index contributed by atoms with van der Waals surface area (Å²) in [5, 5.41) is 14.9. The van der Waals surface area contributed by atoms with Gasteiger partial charge in [-0.15, -0.1) is 12.3 Å². The van der Waals surface area contributed by atoms with Gasteiger partial charge in [0.1, 0.15) is 0 Å². The largest absolute Gasteiger partial charge is 0.487 e. The molecule has 0 aliphatic rings. The van der Waals surface area contributed by atoms with Crippen molar-refractivity contribution in [3.63, 3.8) is 0 Å². The maximum Gasteiger partial charge on any atom is 0.311 e. The van der Waals surface area contributed by atoms with Gasteiger partial charge in [-0.25, -0.2) is 0 Å². The van der Waals surface area contributed by atoms with Crippen LogP contribution in [-0.4, -0.2) is 21.7 Å². The molecular weight excluding hydrogens is 274 g/mol. The third kappa shape index (κ3) is 3.57. The molecule has 0 radical (unpaired) electrons. The highest BCUT2D eigenvalue weighted by molar-refractivity contribution is 5.63. The van der Waals surface area contributed by atoms with E-state index in [-0.39, 0.29) is 11.4 Å². The molecule has 1 heterocycles. The van der Waals surface area contributed by atoms with E-state index in [4.69, 9.17) is 15.7 Å². The second kappa shape index (κ2) is 6.52. The predicted molar refractivity (Wildman–Crippen MR) is 74.7 cm³/mol. The van der Waals surface area contributed by atoms with Crippen molar-refractivity contribution in [3.05, 3.63) is 34.2 Å². The van der Waals surface area contributed by atoms with E-state index >= 15 is 0 Å². The number of hydrogen-bond acceptors (Lipinski definition) is 6. The highest BCUT2D eigenvalue weighted by Gasteiger charge is 2.18. The third-order valence-corrected chi connectivity index (χ3v) is 2.66. The van der Waals surface area contributed by atoms with E-state index < -0.39 is 4.92 Å². The van der Waals surface area contributed by atoms with Gasteiger partial charge < -0.3 is 9.26 Å². The van der Waals surface area contributed by atoms with E-state index in [1.165, 1.54) is 12.1 Å². The fourth-order valence-electron chi connectivity index (χ4n) is 1.69. The van der Waals surface area contributed by atoms with Crippen LogP contribution in [-0.2, 0) is 0 Å². The molecule has 2 rings (SSSR count). The van der Waals surface area contributed by atoms with Gasteiger partial charge in [0.25, 0.3) is 0 Å². The number of aromatic nitrogens is 2. The first-order chi connectivity index (χ1) is 10.1. The lowest BCUT2D eigenvalue weighted by atomic mass is 10.2. The Labute approximate surface area is 121 Å². The number of rotatable bonds is 6. The normalized spacial score (nSPS) is 10.1. The van der Waals surface area contributed by atoms with Gasteiger partial charge in [0, 0.05) is 25.0 Å². The van der Waals surface area contributed by atoms with Crippen LogP contribution in [0.1, 0.15) is 18.7 Å². The van der Waals surface area contributed by atoms with Crippen molar-refractivity contribution in [1.29, 1.82) is 0 Å². The molecule has 0 aliphatic heterocycles. The standard InChI is InChI=1S/C14H13N3O4/c1-3-4-5-8-20-13-7-6-11(9-12(13)17(18)19)14-15-10(2)21-16-14/h1,6-7,9H,4-5,8H2,2H3. The lowest BCUT2D eigenvalue weighted by Gasteiger charge is -2.06. The van der Waals surface area contributed by atoms with Crippen LogP contribution < -0.4 is 4.74 Å². The molecule has 1 aromatic carbocycles. The van der Waals surface area contributed by atoms with E-state index in [0.29, 0.717) is 36.7 Å². The van der Waals surface area contributed by atoms with Gasteiger partial charge in [0.15, 0.2) is 5.75 Å². The second-order valence-electron chi connectivity index (χ2n) is 4.23. The molecule has 0 atom stereocenters. The monoisotopic (exact) mass is 287 g/mol. The van der Waals surface area contributed by atoms with Crippen LogP contribution in [0.25, 0.3) is 11.4 Å². The zero-order valence-electron chi connectivity index (χ0n) is 11.4. The fraction of sp³-hybridized carbons (Fsp3) is 0.286. The Balaban J connectivity index is 2.23. The Bertz CT molecular complexity index is 688. The van der Waals surface area contributed by atoms with Crippen molar-refractivity contribution in [2.45, 2.75) is 19.8 Å². The first kappa shape index (κ1) is 14.5. The molecule has 7 heteroatoms. The Morgan fingerprint density at radius 2 is 2.33 bits per heavy atom. The van der Waals surface area contributed by atoms with Crippen LogP contribution in [0.3, 0.4) is 0 Å². The highest BCUT2D eigenvalue weighted by Crippen LogP contribution is 2.31. The van der Waals surface area contributed by atoms with Gasteiger partial charge in [-0.2, -0.15) is 4.98 Å². The van der Waals surface area contributed by atoms with E-state index in [9.17, 15) is 10.1 Å². The number of benzene rings is 1. The summed E-state index contributed by atoms with van der Waals surface area (Å²) in [4.78, 5) is 14.7. The van der Waals surface area contributed by atoms with Crippen LogP contribution in [0.15, 0.2) is 22.7 Å². The van der Waals surface area contributed by atoms with Crippen LogP contribution in [0, 0.1) is 29.4 Å². The summed E-state index contributed by atoms with van der Waals surface area (Å²) in [6.07, 6.45) is 6.34. The molecule has 7 nitrogen and oxygen atoms in total. The molecule has 0 bridgehead atoms. The molecule has 0 aliphatic carbocycles. The molecule has 108 valence electrons. The maximum absolute atomic E-state index is 11.1. The quantitative estimate of drug-likeness (QED) is 0.351. The molecule has 0 saturated heterocycles. The number of ether oxygens (including phenoxy) is 1. The fourth-order valence-corrected chi connectivity index (χ4v) is 1.69. The number of nitrogens with zero attached hydrogens (tertiary/aromatic N) is 3. The van der Waals surface area contributed by atoms with E-state index in [1.54, 1.807) is 13.0 Å². The third-order valence-electron chi connectivity index (χ3n) is 2.66. The minimum absolute atomic E-state index is 0.143. The van der Waals surface area contributed by atoms with Crippen LogP contribution in [0.5, 0.6) is 5.75 Å². The molecular formula is C14H13N3O4. The molecule has 0 saturated carbocycles. The topological polar surface area (TPSA) is 91.3 Å². The molecule has 0 fully saturated rings. The number of hydrogen-bond donors (Lipinski definition) is 0. The molecule has 0 N–H and O–H groups in total. The maximum atomic E-state index is 11.1. The smallest absolute Gasteiger partial charge is 0.311 e. The number of unbranched alkanes of at least 4 members (excludes halogenated alkanes) is 1. The zero-order valence-corrected chi connectivity index (χ0v) is 11.4. The Kier molecular flexibility index (Phi) is 4.51. The minimum Gasteiger partial charge on any atom is -0.487 e. The summed E-state index contributed by atoms with van der Waals surface area (Å²) in [6, 6.07) is 4.53. The summed E-state index contributed by atoms with van der Waals surface area (Å²) < 4.78 is 10.3. The molecule has 0 unspecified atom stereocenters. The average molecular weight is 287 g/mol. The first-order valence-electron chi connectivity index (χ1n) is 6.27. The minimum atomic E-state index is -0.507. The van der Waals surface area contributed by atoms with Crippen LogP contribution in [0.4, 0.5) is 5.69 Å². The van der Waals surface area contributed by atoms with Gasteiger partial charge in [0.05, 0.1) is 11.5 Å². The second-order valence-corrected chi connectivity index (χ2v) is 4.23. The SMILES string of the molecule is C#CCCCOc1ccc(-c2noc(C)n2)cc1[N+](=O)[O-]. The lowest BCUT2D eigenvalue weighted by molar-refractivity contribution is -0.385. The number of aryl methyl sites for hydroxylation is 1. The summed E-state index contributed by atoms with van der Waals surface area (Å²) in [6.45, 7) is 1.97.